The predicted octanol–water partition coefficient (Wildman–Crippen LogP) is 1.30. The van der Waals surface area contributed by atoms with Crippen LogP contribution < -0.4 is 5.32 Å². The molecule has 6 nitrogen and oxygen atoms in total. The second-order valence-electron chi connectivity index (χ2n) is 7.00. The summed E-state index contributed by atoms with van der Waals surface area (Å²) in [5, 5.41) is 2.73. The number of nitrogens with zero attached hydrogens (tertiary/aromatic N) is 2. The van der Waals surface area contributed by atoms with E-state index in [0.717, 1.165) is 0 Å². The molecule has 3 amide bonds. The average Bonchev–Trinajstić information content (AvgIpc) is 2.61. The summed E-state index contributed by atoms with van der Waals surface area (Å²) in [5.41, 5.74) is -0.703. The Balaban J connectivity index is 1.82. The molecule has 0 unspecified atom stereocenters. The van der Waals surface area contributed by atoms with Gasteiger partial charge in [0.05, 0.1) is 5.41 Å². The van der Waals surface area contributed by atoms with Gasteiger partial charge in [-0.3, -0.25) is 14.4 Å². The van der Waals surface area contributed by atoms with E-state index in [1.165, 1.54) is 13.0 Å². The van der Waals surface area contributed by atoms with E-state index in [4.69, 9.17) is 0 Å². The second-order valence-corrected chi connectivity index (χ2v) is 7.00. The second kappa shape index (κ2) is 8.29. The van der Waals surface area contributed by atoms with Gasteiger partial charge in [-0.25, -0.2) is 4.39 Å². The molecule has 0 saturated carbocycles. The Labute approximate surface area is 153 Å². The lowest BCUT2D eigenvalue weighted by Gasteiger charge is -2.34. The van der Waals surface area contributed by atoms with Gasteiger partial charge in [0.2, 0.25) is 17.7 Å². The lowest BCUT2D eigenvalue weighted by atomic mass is 9.83. The zero-order valence-electron chi connectivity index (χ0n) is 15.5. The van der Waals surface area contributed by atoms with Gasteiger partial charge >= 0.3 is 0 Å². The number of rotatable bonds is 5. The highest BCUT2D eigenvalue weighted by molar-refractivity contribution is 5.88. The predicted molar refractivity (Wildman–Crippen MR) is 95.9 cm³/mol. The van der Waals surface area contributed by atoms with Gasteiger partial charge in [0, 0.05) is 51.6 Å². The van der Waals surface area contributed by atoms with Crippen molar-refractivity contribution in [2.24, 2.45) is 0 Å². The molecule has 1 aromatic carbocycles. The van der Waals surface area contributed by atoms with Gasteiger partial charge in [-0.05, 0) is 19.9 Å². The number of piperazine rings is 1. The van der Waals surface area contributed by atoms with Gasteiger partial charge in [0.25, 0.3) is 0 Å². The van der Waals surface area contributed by atoms with Crippen LogP contribution in [0.2, 0.25) is 0 Å². The SMILES string of the molecule is CC(=O)N1CCN(C(=O)CCNC(=O)C(C)(C)c2ccccc2F)CC1. The van der Waals surface area contributed by atoms with Crippen molar-refractivity contribution >= 4 is 17.7 Å². The number of carbonyl (C=O) groups is 3. The van der Waals surface area contributed by atoms with Crippen LogP contribution in [0.3, 0.4) is 0 Å². The molecule has 1 aromatic rings. The van der Waals surface area contributed by atoms with Crippen molar-refractivity contribution in [3.8, 4) is 0 Å². The van der Waals surface area contributed by atoms with Gasteiger partial charge in [-0.15, -0.1) is 0 Å². The molecule has 0 atom stereocenters. The Morgan fingerprint density at radius 2 is 1.65 bits per heavy atom. The number of hydrogen-bond acceptors (Lipinski definition) is 3. The number of carbonyl (C=O) groups excluding carboxylic acids is 3. The van der Waals surface area contributed by atoms with Crippen LogP contribution in [0.25, 0.3) is 0 Å². The van der Waals surface area contributed by atoms with Gasteiger partial charge in [-0.2, -0.15) is 0 Å². The van der Waals surface area contributed by atoms with E-state index >= 15 is 0 Å². The average molecular weight is 363 g/mol. The molecule has 1 saturated heterocycles. The number of amides is 3. The summed E-state index contributed by atoms with van der Waals surface area (Å²) in [4.78, 5) is 39.4. The summed E-state index contributed by atoms with van der Waals surface area (Å²) in [6, 6.07) is 6.19. The minimum atomic E-state index is -1.03. The minimum absolute atomic E-state index is 0.0136. The molecule has 0 aromatic heterocycles. The van der Waals surface area contributed by atoms with E-state index in [2.05, 4.69) is 5.32 Å². The van der Waals surface area contributed by atoms with Crippen molar-refractivity contribution in [3.63, 3.8) is 0 Å². The van der Waals surface area contributed by atoms with E-state index in [-0.39, 0.29) is 30.7 Å². The molecule has 2 rings (SSSR count). The Morgan fingerprint density at radius 3 is 2.23 bits per heavy atom. The quantitative estimate of drug-likeness (QED) is 0.857. The largest absolute Gasteiger partial charge is 0.355 e. The van der Waals surface area contributed by atoms with Crippen LogP contribution in [0.5, 0.6) is 0 Å². The summed E-state index contributed by atoms with van der Waals surface area (Å²) in [7, 11) is 0. The summed E-state index contributed by atoms with van der Waals surface area (Å²) in [5.74, 6) is -0.791. The molecule has 0 radical (unpaired) electrons. The molecule has 0 aliphatic carbocycles. The molecule has 1 aliphatic heterocycles. The highest BCUT2D eigenvalue weighted by Crippen LogP contribution is 2.25. The van der Waals surface area contributed by atoms with Crippen LogP contribution in [0, 0.1) is 5.82 Å². The van der Waals surface area contributed by atoms with E-state index in [0.29, 0.717) is 31.7 Å². The first-order valence-electron chi connectivity index (χ1n) is 8.80. The Morgan fingerprint density at radius 1 is 1.08 bits per heavy atom. The molecule has 26 heavy (non-hydrogen) atoms. The van der Waals surface area contributed by atoms with Gasteiger partial charge in [0.15, 0.2) is 0 Å². The summed E-state index contributed by atoms with van der Waals surface area (Å²) >= 11 is 0. The zero-order chi connectivity index (χ0) is 19.3. The molecule has 7 heteroatoms. The Bertz CT molecular complexity index is 682. The monoisotopic (exact) mass is 363 g/mol. The third-order valence-electron chi connectivity index (χ3n) is 4.82. The molecule has 1 fully saturated rings. The van der Waals surface area contributed by atoms with E-state index < -0.39 is 11.2 Å². The molecular formula is C19H26FN3O3. The van der Waals surface area contributed by atoms with Crippen LogP contribution in [0.4, 0.5) is 4.39 Å². The molecule has 142 valence electrons. The van der Waals surface area contributed by atoms with E-state index in [9.17, 15) is 18.8 Å². The Hall–Kier alpha value is -2.44. The van der Waals surface area contributed by atoms with Crippen molar-refractivity contribution in [1.29, 1.82) is 0 Å². The molecule has 1 heterocycles. The van der Waals surface area contributed by atoms with Crippen molar-refractivity contribution in [2.45, 2.75) is 32.6 Å². The van der Waals surface area contributed by atoms with Crippen LogP contribution in [0.15, 0.2) is 24.3 Å². The third-order valence-corrected chi connectivity index (χ3v) is 4.82. The lowest BCUT2D eigenvalue weighted by Crippen LogP contribution is -2.50. The highest BCUT2D eigenvalue weighted by atomic mass is 19.1. The molecule has 1 N–H and O–H groups in total. The zero-order valence-corrected chi connectivity index (χ0v) is 15.5. The number of halogens is 1. The number of benzene rings is 1. The third kappa shape index (κ3) is 4.59. The van der Waals surface area contributed by atoms with E-state index in [1.54, 1.807) is 41.8 Å². The van der Waals surface area contributed by atoms with Crippen LogP contribution in [0.1, 0.15) is 32.8 Å². The standard InChI is InChI=1S/C19H26FN3O3/c1-14(24)22-10-12-23(13-11-22)17(25)8-9-21-18(26)19(2,3)15-6-4-5-7-16(15)20/h4-7H,8-13H2,1-3H3,(H,21,26). The first-order chi connectivity index (χ1) is 12.2. The minimum Gasteiger partial charge on any atom is -0.355 e. The topological polar surface area (TPSA) is 69.7 Å². The van der Waals surface area contributed by atoms with Gasteiger partial charge in [-0.1, -0.05) is 18.2 Å². The van der Waals surface area contributed by atoms with Crippen LogP contribution in [-0.2, 0) is 19.8 Å². The smallest absolute Gasteiger partial charge is 0.230 e. The highest BCUT2D eigenvalue weighted by Gasteiger charge is 2.32. The van der Waals surface area contributed by atoms with Gasteiger partial charge < -0.3 is 15.1 Å². The summed E-state index contributed by atoms with van der Waals surface area (Å²) in [6.07, 6.45) is 0.180. The van der Waals surface area contributed by atoms with E-state index in [1.807, 2.05) is 0 Å². The van der Waals surface area contributed by atoms with Crippen LogP contribution >= 0.6 is 0 Å². The van der Waals surface area contributed by atoms with Crippen molar-refractivity contribution in [2.75, 3.05) is 32.7 Å². The molecule has 0 bridgehead atoms. The first-order valence-corrected chi connectivity index (χ1v) is 8.80. The number of nitrogens with one attached hydrogen (secondary N) is 1. The maximum Gasteiger partial charge on any atom is 0.230 e. The Kier molecular flexibility index (Phi) is 6.34. The van der Waals surface area contributed by atoms with Crippen molar-refractivity contribution in [3.05, 3.63) is 35.6 Å². The maximum atomic E-state index is 14.0. The number of hydrogen-bond donors (Lipinski definition) is 1. The molecule has 1 aliphatic rings. The normalized spacial score (nSPS) is 14.9. The van der Waals surface area contributed by atoms with Crippen LogP contribution in [-0.4, -0.2) is 60.2 Å². The van der Waals surface area contributed by atoms with Crippen molar-refractivity contribution in [1.82, 2.24) is 15.1 Å². The fourth-order valence-corrected chi connectivity index (χ4v) is 3.02. The van der Waals surface area contributed by atoms with Crippen molar-refractivity contribution < 1.29 is 18.8 Å². The molecule has 0 spiro atoms. The van der Waals surface area contributed by atoms with Gasteiger partial charge in [0.1, 0.15) is 5.82 Å². The summed E-state index contributed by atoms with van der Waals surface area (Å²) < 4.78 is 14.0. The first kappa shape index (κ1) is 19.9. The lowest BCUT2D eigenvalue weighted by molar-refractivity contribution is -0.138. The molecular weight excluding hydrogens is 337 g/mol. The fraction of sp³-hybridized carbons (Fsp3) is 0.526. The fourth-order valence-electron chi connectivity index (χ4n) is 3.02. The maximum absolute atomic E-state index is 14.0. The summed E-state index contributed by atoms with van der Waals surface area (Å²) in [6.45, 7) is 7.11.